The second-order valence-electron chi connectivity index (χ2n) is 4.97. The molecule has 5 nitrogen and oxygen atoms in total. The van der Waals surface area contributed by atoms with Gasteiger partial charge in [0.25, 0.3) is 11.8 Å². The highest BCUT2D eigenvalue weighted by atomic mass is 19.1. The number of anilines is 2. The molecule has 2 N–H and O–H groups in total. The highest BCUT2D eigenvalue weighted by Gasteiger charge is 2.09. The topological polar surface area (TPSA) is 71.3 Å². The van der Waals surface area contributed by atoms with Crippen LogP contribution in [0.3, 0.4) is 0 Å². The number of amides is 2. The van der Waals surface area contributed by atoms with E-state index in [1.54, 1.807) is 36.4 Å². The van der Waals surface area contributed by atoms with E-state index >= 15 is 0 Å². The van der Waals surface area contributed by atoms with E-state index < -0.39 is 11.7 Å². The molecule has 0 atom stereocenters. The van der Waals surface area contributed by atoms with Crippen LogP contribution in [0.4, 0.5) is 15.8 Å². The molecule has 0 radical (unpaired) electrons. The van der Waals surface area contributed by atoms with Gasteiger partial charge in [-0.3, -0.25) is 9.59 Å². The number of halogens is 1. The number of carbonyl (C=O) groups is 2. The summed E-state index contributed by atoms with van der Waals surface area (Å²) in [5.74, 6) is -1.05. The molecule has 3 aromatic rings. The van der Waals surface area contributed by atoms with Crippen LogP contribution in [0.1, 0.15) is 20.9 Å². The number of benzene rings is 2. The molecule has 0 unspecified atom stereocenters. The number of nitrogens with one attached hydrogen (secondary N) is 2. The van der Waals surface area contributed by atoms with Crippen LogP contribution < -0.4 is 10.6 Å². The average Bonchev–Trinajstić information content (AvgIpc) is 3.11. The van der Waals surface area contributed by atoms with Crippen LogP contribution in [-0.4, -0.2) is 11.8 Å². The van der Waals surface area contributed by atoms with Crippen molar-refractivity contribution in [2.24, 2.45) is 0 Å². The maximum atomic E-state index is 13.1. The van der Waals surface area contributed by atoms with E-state index in [1.165, 1.54) is 24.5 Å². The van der Waals surface area contributed by atoms with E-state index in [0.717, 1.165) is 6.07 Å². The third kappa shape index (κ3) is 3.67. The fourth-order valence-electron chi connectivity index (χ4n) is 2.07. The highest BCUT2D eigenvalue weighted by Crippen LogP contribution is 2.16. The second kappa shape index (κ2) is 6.78. The lowest BCUT2D eigenvalue weighted by Crippen LogP contribution is -2.13. The Morgan fingerprint density at radius 2 is 1.50 bits per heavy atom. The molecule has 0 aliphatic carbocycles. The Bertz CT molecular complexity index is 858. The first kappa shape index (κ1) is 15.5. The first-order valence-electron chi connectivity index (χ1n) is 7.14. The van der Waals surface area contributed by atoms with Gasteiger partial charge in [0, 0.05) is 16.9 Å². The van der Waals surface area contributed by atoms with Gasteiger partial charge in [0.15, 0.2) is 5.76 Å². The number of hydrogen-bond donors (Lipinski definition) is 2. The Morgan fingerprint density at radius 3 is 2.08 bits per heavy atom. The van der Waals surface area contributed by atoms with Crippen molar-refractivity contribution < 1.29 is 18.4 Å². The van der Waals surface area contributed by atoms with Crippen LogP contribution in [0.15, 0.2) is 71.3 Å². The van der Waals surface area contributed by atoms with Gasteiger partial charge in [0.05, 0.1) is 6.26 Å². The molecule has 3 rings (SSSR count). The fraction of sp³-hybridized carbons (Fsp3) is 0. The fourth-order valence-corrected chi connectivity index (χ4v) is 2.07. The molecule has 0 saturated heterocycles. The van der Waals surface area contributed by atoms with Crippen molar-refractivity contribution in [2.45, 2.75) is 0 Å². The summed E-state index contributed by atoms with van der Waals surface area (Å²) >= 11 is 0. The van der Waals surface area contributed by atoms with Crippen LogP contribution in [-0.2, 0) is 0 Å². The zero-order chi connectivity index (χ0) is 16.9. The molecule has 0 fully saturated rings. The molecular weight excluding hydrogens is 311 g/mol. The zero-order valence-corrected chi connectivity index (χ0v) is 12.5. The Morgan fingerprint density at radius 1 is 0.833 bits per heavy atom. The van der Waals surface area contributed by atoms with Crippen LogP contribution in [0.25, 0.3) is 0 Å². The van der Waals surface area contributed by atoms with Crippen molar-refractivity contribution >= 4 is 23.2 Å². The predicted molar refractivity (Wildman–Crippen MR) is 87.5 cm³/mol. The Hall–Kier alpha value is -3.41. The van der Waals surface area contributed by atoms with E-state index in [0.29, 0.717) is 11.4 Å². The van der Waals surface area contributed by atoms with Gasteiger partial charge in [0.2, 0.25) is 0 Å². The third-order valence-corrected chi connectivity index (χ3v) is 3.23. The van der Waals surface area contributed by atoms with Gasteiger partial charge in [-0.2, -0.15) is 0 Å². The lowest BCUT2D eigenvalue weighted by Gasteiger charge is -2.07. The van der Waals surface area contributed by atoms with E-state index in [4.69, 9.17) is 4.42 Å². The van der Waals surface area contributed by atoms with Gasteiger partial charge < -0.3 is 15.1 Å². The third-order valence-electron chi connectivity index (χ3n) is 3.23. The number of hydrogen-bond acceptors (Lipinski definition) is 3. The molecule has 1 heterocycles. The van der Waals surface area contributed by atoms with Crippen LogP contribution in [0, 0.1) is 5.82 Å². The van der Waals surface area contributed by atoms with Gasteiger partial charge >= 0.3 is 0 Å². The van der Waals surface area contributed by atoms with Gasteiger partial charge in [-0.05, 0) is 54.6 Å². The molecule has 0 aliphatic heterocycles. The van der Waals surface area contributed by atoms with Crippen molar-refractivity contribution in [1.82, 2.24) is 0 Å². The van der Waals surface area contributed by atoms with E-state index in [9.17, 15) is 14.0 Å². The molecular formula is C18H13FN2O3. The summed E-state index contributed by atoms with van der Waals surface area (Å²) in [5, 5.41) is 5.33. The quantitative estimate of drug-likeness (QED) is 0.764. The minimum Gasteiger partial charge on any atom is -0.459 e. The average molecular weight is 324 g/mol. The molecule has 2 aromatic carbocycles. The SMILES string of the molecule is O=C(Nc1ccc(NC(=O)c2ccco2)cc1)c1cccc(F)c1. The van der Waals surface area contributed by atoms with Crippen molar-refractivity contribution in [3.8, 4) is 0 Å². The van der Waals surface area contributed by atoms with Crippen molar-refractivity contribution in [3.05, 3.63) is 84.1 Å². The van der Waals surface area contributed by atoms with E-state index in [-0.39, 0.29) is 17.2 Å². The molecule has 24 heavy (non-hydrogen) atoms. The lowest BCUT2D eigenvalue weighted by atomic mass is 10.2. The summed E-state index contributed by atoms with van der Waals surface area (Å²) in [7, 11) is 0. The minimum absolute atomic E-state index is 0.207. The molecule has 0 saturated carbocycles. The Labute approximate surface area is 137 Å². The lowest BCUT2D eigenvalue weighted by molar-refractivity contribution is 0.0994. The number of furan rings is 1. The summed E-state index contributed by atoms with van der Waals surface area (Å²) < 4.78 is 18.1. The molecule has 1 aromatic heterocycles. The van der Waals surface area contributed by atoms with Gasteiger partial charge in [-0.15, -0.1) is 0 Å². The van der Waals surface area contributed by atoms with Gasteiger partial charge in [0.1, 0.15) is 5.82 Å². The maximum absolute atomic E-state index is 13.1. The monoisotopic (exact) mass is 324 g/mol. The summed E-state index contributed by atoms with van der Waals surface area (Å²) in [6.07, 6.45) is 1.42. The summed E-state index contributed by atoms with van der Waals surface area (Å²) in [6, 6.07) is 15.2. The molecule has 0 spiro atoms. The van der Waals surface area contributed by atoms with E-state index in [1.807, 2.05) is 0 Å². The maximum Gasteiger partial charge on any atom is 0.291 e. The molecule has 6 heteroatoms. The van der Waals surface area contributed by atoms with Gasteiger partial charge in [-0.25, -0.2) is 4.39 Å². The smallest absolute Gasteiger partial charge is 0.291 e. The first-order chi connectivity index (χ1) is 11.6. The second-order valence-corrected chi connectivity index (χ2v) is 4.97. The van der Waals surface area contributed by atoms with Crippen molar-refractivity contribution in [2.75, 3.05) is 10.6 Å². The highest BCUT2D eigenvalue weighted by molar-refractivity contribution is 6.05. The van der Waals surface area contributed by atoms with Crippen LogP contribution >= 0.6 is 0 Å². The summed E-state index contributed by atoms with van der Waals surface area (Å²) in [6.45, 7) is 0. The zero-order valence-electron chi connectivity index (χ0n) is 12.5. The standard InChI is InChI=1S/C18H13FN2O3/c19-13-4-1-3-12(11-13)17(22)20-14-6-8-15(9-7-14)21-18(23)16-5-2-10-24-16/h1-11H,(H,20,22)(H,21,23). The predicted octanol–water partition coefficient (Wildman–Crippen LogP) is 3.92. The van der Waals surface area contributed by atoms with Crippen molar-refractivity contribution in [3.63, 3.8) is 0 Å². The molecule has 2 amide bonds. The number of carbonyl (C=O) groups excluding carboxylic acids is 2. The number of rotatable bonds is 4. The van der Waals surface area contributed by atoms with Crippen LogP contribution in [0.2, 0.25) is 0 Å². The van der Waals surface area contributed by atoms with Gasteiger partial charge in [-0.1, -0.05) is 6.07 Å². The largest absolute Gasteiger partial charge is 0.459 e. The Kier molecular flexibility index (Phi) is 4.38. The Balaban J connectivity index is 1.64. The summed E-state index contributed by atoms with van der Waals surface area (Å²) in [5.41, 5.74) is 1.31. The summed E-state index contributed by atoms with van der Waals surface area (Å²) in [4.78, 5) is 23.9. The molecule has 0 aliphatic rings. The van der Waals surface area contributed by atoms with E-state index in [2.05, 4.69) is 10.6 Å². The molecule has 120 valence electrons. The van der Waals surface area contributed by atoms with Crippen LogP contribution in [0.5, 0.6) is 0 Å². The minimum atomic E-state index is -0.473. The molecule has 0 bridgehead atoms. The first-order valence-corrected chi connectivity index (χ1v) is 7.14. The van der Waals surface area contributed by atoms with Crippen molar-refractivity contribution in [1.29, 1.82) is 0 Å². The normalized spacial score (nSPS) is 10.2.